The molecule has 11 heteroatoms. The van der Waals surface area contributed by atoms with Gasteiger partial charge in [-0.05, 0) is 48.0 Å². The molecule has 166 valence electrons. The lowest BCUT2D eigenvalue weighted by molar-refractivity contribution is -0.117. The van der Waals surface area contributed by atoms with Crippen molar-refractivity contribution in [3.05, 3.63) is 78.4 Å². The molecule has 0 aliphatic carbocycles. The molecule has 0 bridgehead atoms. The SMILES string of the molecule is COc1ccc(S(=O)(=O)N2c3ccc(S(N)(=O)=O)cc3NC(=O)C2c2ccccc2)cc1. The van der Waals surface area contributed by atoms with Gasteiger partial charge in [-0.1, -0.05) is 30.3 Å². The van der Waals surface area contributed by atoms with Crippen molar-refractivity contribution in [3.63, 3.8) is 0 Å². The number of primary sulfonamides is 1. The molecule has 4 rings (SSSR count). The summed E-state index contributed by atoms with van der Waals surface area (Å²) in [5.41, 5.74) is 0.579. The third-order valence-electron chi connectivity index (χ3n) is 5.01. The van der Waals surface area contributed by atoms with Crippen LogP contribution in [-0.4, -0.2) is 29.9 Å². The first-order chi connectivity index (χ1) is 15.1. The number of nitrogens with one attached hydrogen (secondary N) is 1. The number of anilines is 2. The standard InChI is InChI=1S/C21H19N3O6S2/c1-30-15-7-9-16(10-8-15)32(28,29)24-19-12-11-17(31(22,26)27)13-18(19)23-21(25)20(24)14-5-3-2-4-6-14/h2-13,20H,1H3,(H,23,25)(H2,22,26,27). The second-order valence-electron chi connectivity index (χ2n) is 7.00. The van der Waals surface area contributed by atoms with Crippen molar-refractivity contribution in [3.8, 4) is 5.75 Å². The lowest BCUT2D eigenvalue weighted by Gasteiger charge is -2.37. The van der Waals surface area contributed by atoms with Crippen LogP contribution in [0.5, 0.6) is 5.75 Å². The zero-order chi connectivity index (χ0) is 23.1. The number of rotatable bonds is 5. The number of ether oxygens (including phenoxy) is 1. The normalized spacial score (nSPS) is 16.2. The molecule has 1 amide bonds. The van der Waals surface area contributed by atoms with Crippen LogP contribution >= 0.6 is 0 Å². The molecular weight excluding hydrogens is 454 g/mol. The lowest BCUT2D eigenvalue weighted by atomic mass is 10.0. The predicted molar refractivity (Wildman–Crippen MR) is 118 cm³/mol. The number of methoxy groups -OCH3 is 1. The second-order valence-corrected chi connectivity index (χ2v) is 10.4. The van der Waals surface area contributed by atoms with Gasteiger partial charge in [0.05, 0.1) is 28.3 Å². The van der Waals surface area contributed by atoms with E-state index in [1.54, 1.807) is 30.3 Å². The van der Waals surface area contributed by atoms with Crippen LogP contribution in [0.25, 0.3) is 0 Å². The molecule has 0 aromatic heterocycles. The highest BCUT2D eigenvalue weighted by molar-refractivity contribution is 7.93. The van der Waals surface area contributed by atoms with Gasteiger partial charge in [-0.3, -0.25) is 4.79 Å². The van der Waals surface area contributed by atoms with Gasteiger partial charge in [0.15, 0.2) is 0 Å². The summed E-state index contributed by atoms with van der Waals surface area (Å²) in [5.74, 6) is -0.162. The number of nitrogens with two attached hydrogens (primary N) is 1. The minimum absolute atomic E-state index is 0.0193. The van der Waals surface area contributed by atoms with Crippen molar-refractivity contribution in [1.82, 2.24) is 0 Å². The van der Waals surface area contributed by atoms with E-state index < -0.39 is 32.0 Å². The van der Waals surface area contributed by atoms with Gasteiger partial charge in [0.25, 0.3) is 15.9 Å². The van der Waals surface area contributed by atoms with E-state index in [4.69, 9.17) is 9.88 Å². The highest BCUT2D eigenvalue weighted by Gasteiger charge is 2.42. The number of nitrogens with zero attached hydrogens (tertiary/aromatic N) is 1. The fourth-order valence-electron chi connectivity index (χ4n) is 3.48. The van der Waals surface area contributed by atoms with E-state index in [0.29, 0.717) is 11.3 Å². The number of fused-ring (bicyclic) bond motifs is 1. The average Bonchev–Trinajstić information content (AvgIpc) is 2.77. The first-order valence-corrected chi connectivity index (χ1v) is 12.3. The van der Waals surface area contributed by atoms with Crippen LogP contribution in [0.15, 0.2) is 82.6 Å². The minimum atomic E-state index is -4.24. The first-order valence-electron chi connectivity index (χ1n) is 9.34. The van der Waals surface area contributed by atoms with Gasteiger partial charge in [-0.15, -0.1) is 0 Å². The molecule has 3 aromatic rings. The number of amides is 1. The molecule has 0 fully saturated rings. The second kappa shape index (κ2) is 7.93. The molecule has 1 aliphatic heterocycles. The maximum atomic E-state index is 13.7. The van der Waals surface area contributed by atoms with Crippen LogP contribution in [0.2, 0.25) is 0 Å². The molecule has 1 heterocycles. The average molecular weight is 474 g/mol. The molecular formula is C21H19N3O6S2. The Morgan fingerprint density at radius 1 is 0.906 bits per heavy atom. The molecule has 3 N–H and O–H groups in total. The Kier molecular flexibility index (Phi) is 5.41. The fourth-order valence-corrected chi connectivity index (χ4v) is 5.64. The van der Waals surface area contributed by atoms with Gasteiger partial charge >= 0.3 is 0 Å². The number of hydrogen-bond acceptors (Lipinski definition) is 6. The summed E-state index contributed by atoms with van der Waals surface area (Å²) in [7, 11) is -6.85. The molecule has 0 saturated heterocycles. The van der Waals surface area contributed by atoms with E-state index in [-0.39, 0.29) is 21.2 Å². The molecule has 1 atom stereocenters. The number of carbonyl (C=O) groups is 1. The van der Waals surface area contributed by atoms with Crippen LogP contribution in [0.4, 0.5) is 11.4 Å². The van der Waals surface area contributed by atoms with Crippen LogP contribution < -0.4 is 19.5 Å². The van der Waals surface area contributed by atoms with E-state index in [1.165, 1.54) is 43.5 Å². The summed E-state index contributed by atoms with van der Waals surface area (Å²) in [5, 5.41) is 7.81. The van der Waals surface area contributed by atoms with Crippen molar-refractivity contribution in [2.75, 3.05) is 16.7 Å². The van der Waals surface area contributed by atoms with E-state index >= 15 is 0 Å². The monoisotopic (exact) mass is 473 g/mol. The van der Waals surface area contributed by atoms with Crippen LogP contribution in [0.3, 0.4) is 0 Å². The Bertz CT molecular complexity index is 1390. The van der Waals surface area contributed by atoms with E-state index in [0.717, 1.165) is 10.4 Å². The Morgan fingerprint density at radius 3 is 2.12 bits per heavy atom. The largest absolute Gasteiger partial charge is 0.497 e. The molecule has 0 saturated carbocycles. The first kappa shape index (κ1) is 21.8. The van der Waals surface area contributed by atoms with Crippen molar-refractivity contribution < 1.29 is 26.4 Å². The summed E-state index contributed by atoms with van der Waals surface area (Å²) >= 11 is 0. The minimum Gasteiger partial charge on any atom is -0.497 e. The van der Waals surface area contributed by atoms with Gasteiger partial charge in [0, 0.05) is 0 Å². The molecule has 1 unspecified atom stereocenters. The highest BCUT2D eigenvalue weighted by atomic mass is 32.2. The molecule has 1 aliphatic rings. The molecule has 9 nitrogen and oxygen atoms in total. The van der Waals surface area contributed by atoms with E-state index in [2.05, 4.69) is 5.32 Å². The molecule has 0 spiro atoms. The Hall–Kier alpha value is -3.41. The van der Waals surface area contributed by atoms with E-state index in [1.807, 2.05) is 0 Å². The van der Waals surface area contributed by atoms with Crippen molar-refractivity contribution in [1.29, 1.82) is 0 Å². The molecule has 32 heavy (non-hydrogen) atoms. The van der Waals surface area contributed by atoms with Crippen molar-refractivity contribution in [2.45, 2.75) is 15.8 Å². The van der Waals surface area contributed by atoms with Crippen LogP contribution in [0.1, 0.15) is 11.6 Å². The summed E-state index contributed by atoms with van der Waals surface area (Å²) in [6, 6.07) is 16.6. The molecule has 3 aromatic carbocycles. The van der Waals surface area contributed by atoms with Gasteiger partial charge in [-0.25, -0.2) is 26.3 Å². The van der Waals surface area contributed by atoms with Gasteiger partial charge in [0.2, 0.25) is 10.0 Å². The molecule has 0 radical (unpaired) electrons. The summed E-state index contributed by atoms with van der Waals surface area (Å²) in [6.07, 6.45) is 0. The Morgan fingerprint density at radius 2 is 1.53 bits per heavy atom. The highest BCUT2D eigenvalue weighted by Crippen LogP contribution is 2.43. The Labute approximate surface area is 185 Å². The van der Waals surface area contributed by atoms with Crippen molar-refractivity contribution >= 4 is 37.3 Å². The van der Waals surface area contributed by atoms with Gasteiger partial charge in [0.1, 0.15) is 11.8 Å². The maximum absolute atomic E-state index is 13.7. The number of sulfonamides is 2. The van der Waals surface area contributed by atoms with Crippen LogP contribution in [0, 0.1) is 0 Å². The number of hydrogen-bond donors (Lipinski definition) is 2. The Balaban J connectivity index is 1.95. The third kappa shape index (κ3) is 3.81. The predicted octanol–water partition coefficient (Wildman–Crippen LogP) is 2.23. The number of benzene rings is 3. The van der Waals surface area contributed by atoms with Crippen molar-refractivity contribution in [2.24, 2.45) is 5.14 Å². The zero-order valence-electron chi connectivity index (χ0n) is 16.8. The number of carbonyl (C=O) groups excluding carboxylic acids is 1. The van der Waals surface area contributed by atoms with Gasteiger partial charge in [-0.2, -0.15) is 0 Å². The topological polar surface area (TPSA) is 136 Å². The smallest absolute Gasteiger partial charge is 0.265 e. The quantitative estimate of drug-likeness (QED) is 0.583. The fraction of sp³-hybridized carbons (Fsp3) is 0.0952. The zero-order valence-corrected chi connectivity index (χ0v) is 18.4. The third-order valence-corrected chi connectivity index (χ3v) is 7.71. The van der Waals surface area contributed by atoms with Crippen LogP contribution in [-0.2, 0) is 24.8 Å². The summed E-state index contributed by atoms with van der Waals surface area (Å²) < 4.78 is 57.1. The summed E-state index contributed by atoms with van der Waals surface area (Å²) in [6.45, 7) is 0. The summed E-state index contributed by atoms with van der Waals surface area (Å²) in [4.78, 5) is 12.8. The van der Waals surface area contributed by atoms with Gasteiger partial charge < -0.3 is 10.1 Å². The maximum Gasteiger partial charge on any atom is 0.265 e. The van der Waals surface area contributed by atoms with E-state index in [9.17, 15) is 21.6 Å². The lowest BCUT2D eigenvalue weighted by Crippen LogP contribution is -2.45.